The van der Waals surface area contributed by atoms with Gasteiger partial charge in [-0.15, -0.1) is 0 Å². The third kappa shape index (κ3) is 4.77. The van der Waals surface area contributed by atoms with Crippen molar-refractivity contribution < 1.29 is 15.0 Å². The Morgan fingerprint density at radius 3 is 2.37 bits per heavy atom. The minimum absolute atomic E-state index is 0.0405. The molecule has 1 aliphatic rings. The molecule has 1 aliphatic carbocycles. The highest BCUT2D eigenvalue weighted by molar-refractivity contribution is 5.77. The van der Waals surface area contributed by atoms with Gasteiger partial charge in [0.25, 0.3) is 0 Å². The number of amides is 1. The summed E-state index contributed by atoms with van der Waals surface area (Å²) in [6, 6.07) is 0. The first-order chi connectivity index (χ1) is 8.89. The standard InChI is InChI=1S/C15H29NO3/c1-11(2)13(18)9-14(19)16-15(3,10-17)12-7-5-4-6-8-12/h11-13,17-18H,4-10H2,1-3H3,(H,16,19)/t13-,15+/m1/s1. The molecule has 1 fully saturated rings. The van der Waals surface area contributed by atoms with Gasteiger partial charge in [0.1, 0.15) is 0 Å². The van der Waals surface area contributed by atoms with E-state index in [9.17, 15) is 15.0 Å². The topological polar surface area (TPSA) is 69.6 Å². The Balaban J connectivity index is 2.56. The third-order valence-corrected chi connectivity index (χ3v) is 4.42. The number of hydrogen-bond donors (Lipinski definition) is 3. The summed E-state index contributed by atoms with van der Waals surface area (Å²) >= 11 is 0. The zero-order valence-corrected chi connectivity index (χ0v) is 12.5. The van der Waals surface area contributed by atoms with Crippen LogP contribution in [0, 0.1) is 11.8 Å². The Labute approximate surface area is 116 Å². The normalized spacial score (nSPS) is 22.0. The average Bonchev–Trinajstić information content (AvgIpc) is 2.39. The van der Waals surface area contributed by atoms with E-state index in [1.807, 2.05) is 20.8 Å². The maximum absolute atomic E-state index is 12.0. The smallest absolute Gasteiger partial charge is 0.223 e. The molecule has 0 unspecified atom stereocenters. The molecule has 19 heavy (non-hydrogen) atoms. The lowest BCUT2D eigenvalue weighted by molar-refractivity contribution is -0.127. The Morgan fingerprint density at radius 2 is 1.89 bits per heavy atom. The molecule has 0 spiro atoms. The van der Waals surface area contributed by atoms with Gasteiger partial charge in [0.05, 0.1) is 24.7 Å². The van der Waals surface area contributed by atoms with E-state index < -0.39 is 11.6 Å². The molecule has 0 bridgehead atoms. The van der Waals surface area contributed by atoms with Gasteiger partial charge in [-0.1, -0.05) is 33.1 Å². The molecule has 112 valence electrons. The van der Waals surface area contributed by atoms with Crippen molar-refractivity contribution in [2.45, 2.75) is 70.9 Å². The highest BCUT2D eigenvalue weighted by atomic mass is 16.3. The molecule has 0 aromatic heterocycles. The number of nitrogens with one attached hydrogen (secondary N) is 1. The second kappa shape index (κ2) is 7.25. The Hall–Kier alpha value is -0.610. The van der Waals surface area contributed by atoms with Crippen LogP contribution in [-0.4, -0.2) is 34.4 Å². The molecule has 4 nitrogen and oxygen atoms in total. The number of rotatable bonds is 6. The molecule has 2 atom stereocenters. The maximum Gasteiger partial charge on any atom is 0.223 e. The van der Waals surface area contributed by atoms with E-state index in [-0.39, 0.29) is 24.9 Å². The van der Waals surface area contributed by atoms with Gasteiger partial charge in [-0.2, -0.15) is 0 Å². The number of hydrogen-bond acceptors (Lipinski definition) is 3. The van der Waals surface area contributed by atoms with Gasteiger partial charge in [-0.05, 0) is 31.6 Å². The minimum Gasteiger partial charge on any atom is -0.394 e. The van der Waals surface area contributed by atoms with Gasteiger partial charge in [-0.25, -0.2) is 0 Å². The van der Waals surface area contributed by atoms with Crippen molar-refractivity contribution in [3.8, 4) is 0 Å². The quantitative estimate of drug-likeness (QED) is 0.690. The van der Waals surface area contributed by atoms with Crippen LogP contribution in [0.25, 0.3) is 0 Å². The Kier molecular flexibility index (Phi) is 6.27. The Bertz CT molecular complexity index is 287. The summed E-state index contributed by atoms with van der Waals surface area (Å²) in [5, 5.41) is 22.4. The molecule has 3 N–H and O–H groups in total. The first kappa shape index (κ1) is 16.4. The van der Waals surface area contributed by atoms with Crippen molar-refractivity contribution >= 4 is 5.91 Å². The second-order valence-electron chi connectivity index (χ2n) is 6.47. The largest absolute Gasteiger partial charge is 0.394 e. The Morgan fingerprint density at radius 1 is 1.32 bits per heavy atom. The van der Waals surface area contributed by atoms with E-state index in [0.29, 0.717) is 5.92 Å². The van der Waals surface area contributed by atoms with E-state index in [4.69, 9.17) is 0 Å². The van der Waals surface area contributed by atoms with Crippen LogP contribution in [0.5, 0.6) is 0 Å². The lowest BCUT2D eigenvalue weighted by Crippen LogP contribution is -2.55. The molecule has 0 heterocycles. The summed E-state index contributed by atoms with van der Waals surface area (Å²) < 4.78 is 0. The number of carbonyl (C=O) groups excluding carboxylic acids is 1. The average molecular weight is 271 g/mol. The van der Waals surface area contributed by atoms with E-state index in [0.717, 1.165) is 12.8 Å². The second-order valence-corrected chi connectivity index (χ2v) is 6.47. The molecule has 0 aromatic rings. The lowest BCUT2D eigenvalue weighted by atomic mass is 9.76. The summed E-state index contributed by atoms with van der Waals surface area (Å²) in [7, 11) is 0. The predicted molar refractivity (Wildman–Crippen MR) is 75.7 cm³/mol. The molecular formula is C15H29NO3. The van der Waals surface area contributed by atoms with Crippen molar-refractivity contribution in [3.05, 3.63) is 0 Å². The SMILES string of the molecule is CC(C)[C@H](O)CC(=O)N[C@@](C)(CO)C1CCCCC1. The highest BCUT2D eigenvalue weighted by Crippen LogP contribution is 2.32. The van der Waals surface area contributed by atoms with E-state index >= 15 is 0 Å². The fourth-order valence-electron chi connectivity index (χ4n) is 2.81. The van der Waals surface area contributed by atoms with Gasteiger partial charge in [0.2, 0.25) is 5.91 Å². The summed E-state index contributed by atoms with van der Waals surface area (Å²) in [5.41, 5.74) is -0.547. The van der Waals surface area contributed by atoms with Crippen molar-refractivity contribution in [1.82, 2.24) is 5.32 Å². The van der Waals surface area contributed by atoms with Crippen molar-refractivity contribution in [2.24, 2.45) is 11.8 Å². The lowest BCUT2D eigenvalue weighted by Gasteiger charge is -2.39. The predicted octanol–water partition coefficient (Wildman–Crippen LogP) is 1.84. The third-order valence-electron chi connectivity index (χ3n) is 4.42. The monoisotopic (exact) mass is 271 g/mol. The van der Waals surface area contributed by atoms with Gasteiger partial charge in [0, 0.05) is 0 Å². The molecule has 1 rings (SSSR count). The number of aliphatic hydroxyl groups is 2. The van der Waals surface area contributed by atoms with E-state index in [1.165, 1.54) is 19.3 Å². The molecule has 4 heteroatoms. The van der Waals surface area contributed by atoms with Gasteiger partial charge < -0.3 is 15.5 Å². The van der Waals surface area contributed by atoms with Crippen LogP contribution in [0.4, 0.5) is 0 Å². The van der Waals surface area contributed by atoms with Crippen LogP contribution in [0.2, 0.25) is 0 Å². The number of aliphatic hydroxyl groups excluding tert-OH is 2. The molecule has 0 aliphatic heterocycles. The van der Waals surface area contributed by atoms with Crippen LogP contribution < -0.4 is 5.32 Å². The number of carbonyl (C=O) groups is 1. The first-order valence-electron chi connectivity index (χ1n) is 7.49. The summed E-state index contributed by atoms with van der Waals surface area (Å²) in [6.07, 6.45) is 5.20. The van der Waals surface area contributed by atoms with Crippen molar-refractivity contribution in [3.63, 3.8) is 0 Å². The molecule has 1 saturated carbocycles. The summed E-state index contributed by atoms with van der Waals surface area (Å²) in [4.78, 5) is 12.0. The van der Waals surface area contributed by atoms with Crippen LogP contribution in [0.15, 0.2) is 0 Å². The molecule has 0 radical (unpaired) electrons. The zero-order valence-electron chi connectivity index (χ0n) is 12.5. The van der Waals surface area contributed by atoms with Gasteiger partial charge in [-0.3, -0.25) is 4.79 Å². The maximum atomic E-state index is 12.0. The summed E-state index contributed by atoms with van der Waals surface area (Å²) in [5.74, 6) is 0.246. The molecule has 1 amide bonds. The fraction of sp³-hybridized carbons (Fsp3) is 0.933. The highest BCUT2D eigenvalue weighted by Gasteiger charge is 2.36. The van der Waals surface area contributed by atoms with Crippen LogP contribution in [0.1, 0.15) is 59.3 Å². The van der Waals surface area contributed by atoms with Gasteiger partial charge >= 0.3 is 0 Å². The van der Waals surface area contributed by atoms with Crippen LogP contribution in [-0.2, 0) is 4.79 Å². The first-order valence-corrected chi connectivity index (χ1v) is 7.49. The molecule has 0 saturated heterocycles. The zero-order chi connectivity index (χ0) is 14.5. The minimum atomic E-state index is -0.616. The summed E-state index contributed by atoms with van der Waals surface area (Å²) in [6.45, 7) is 5.67. The fourth-order valence-corrected chi connectivity index (χ4v) is 2.81. The van der Waals surface area contributed by atoms with Gasteiger partial charge in [0.15, 0.2) is 0 Å². The van der Waals surface area contributed by atoms with Crippen molar-refractivity contribution in [2.75, 3.05) is 6.61 Å². The van der Waals surface area contributed by atoms with E-state index in [2.05, 4.69) is 5.32 Å². The van der Waals surface area contributed by atoms with Crippen LogP contribution >= 0.6 is 0 Å². The van der Waals surface area contributed by atoms with Crippen molar-refractivity contribution in [1.29, 1.82) is 0 Å². The molecule has 0 aromatic carbocycles. The van der Waals surface area contributed by atoms with E-state index in [1.54, 1.807) is 0 Å². The molecular weight excluding hydrogens is 242 g/mol. The van der Waals surface area contributed by atoms with Crippen LogP contribution in [0.3, 0.4) is 0 Å².